The molecule has 7 heteroatoms. The predicted molar refractivity (Wildman–Crippen MR) is 118 cm³/mol. The van der Waals surface area contributed by atoms with Crippen LogP contribution in [0.15, 0.2) is 42.6 Å². The summed E-state index contributed by atoms with van der Waals surface area (Å²) in [6.45, 7) is 5.63. The molecular formula is C22H22ClN3O2S. The van der Waals surface area contributed by atoms with Gasteiger partial charge in [-0.1, -0.05) is 43.6 Å². The number of carbonyl (C=O) groups is 2. The molecule has 0 aliphatic rings. The minimum Gasteiger partial charge on any atom is -0.311 e. The quantitative estimate of drug-likeness (QED) is 0.462. The fraction of sp³-hybridized carbons (Fsp3) is 0.273. The molecule has 2 heterocycles. The van der Waals surface area contributed by atoms with Crippen molar-refractivity contribution in [3.63, 3.8) is 0 Å². The van der Waals surface area contributed by atoms with E-state index in [1.54, 1.807) is 18.3 Å². The summed E-state index contributed by atoms with van der Waals surface area (Å²) >= 11 is 7.74. The average Bonchev–Trinajstić information content (AvgIpc) is 3.11. The lowest BCUT2D eigenvalue weighted by molar-refractivity contribution is -0.114. The molecular weight excluding hydrogens is 406 g/mol. The summed E-state index contributed by atoms with van der Waals surface area (Å²) < 4.78 is 0. The Kier molecular flexibility index (Phi) is 6.77. The second kappa shape index (κ2) is 9.29. The van der Waals surface area contributed by atoms with Crippen LogP contribution in [-0.4, -0.2) is 21.7 Å². The maximum atomic E-state index is 13.0. The number of nitrogens with zero attached hydrogens (tertiary/aromatic N) is 2. The Labute approximate surface area is 179 Å². The molecule has 0 saturated carbocycles. The first-order chi connectivity index (χ1) is 13.8. The van der Waals surface area contributed by atoms with Gasteiger partial charge in [0.2, 0.25) is 5.91 Å². The highest BCUT2D eigenvalue weighted by molar-refractivity contribution is 7.17. The normalized spacial score (nSPS) is 10.9. The van der Waals surface area contributed by atoms with Crippen LogP contribution in [0.4, 0.5) is 5.82 Å². The second-order valence-electron chi connectivity index (χ2n) is 7.14. The number of carbonyl (C=O) groups excluding carboxylic acids is 2. The fourth-order valence-corrected chi connectivity index (χ4v) is 4.08. The van der Waals surface area contributed by atoms with E-state index in [-0.39, 0.29) is 11.7 Å². The van der Waals surface area contributed by atoms with Crippen molar-refractivity contribution in [2.24, 2.45) is 5.92 Å². The van der Waals surface area contributed by atoms with Crippen molar-refractivity contribution >= 4 is 40.4 Å². The van der Waals surface area contributed by atoms with Gasteiger partial charge in [-0.25, -0.2) is 9.97 Å². The van der Waals surface area contributed by atoms with Crippen LogP contribution in [0.25, 0.3) is 21.8 Å². The van der Waals surface area contributed by atoms with Crippen LogP contribution in [0.3, 0.4) is 0 Å². The molecule has 0 bridgehead atoms. The monoisotopic (exact) mass is 427 g/mol. The number of hydrogen-bond donors (Lipinski definition) is 1. The van der Waals surface area contributed by atoms with Crippen molar-refractivity contribution in [1.29, 1.82) is 0 Å². The van der Waals surface area contributed by atoms with Crippen LogP contribution in [0.5, 0.6) is 0 Å². The number of pyridine rings is 1. The molecule has 3 rings (SSSR count). The van der Waals surface area contributed by atoms with Gasteiger partial charge in [-0.3, -0.25) is 9.59 Å². The molecule has 0 atom stereocenters. The third-order valence-electron chi connectivity index (χ3n) is 4.27. The van der Waals surface area contributed by atoms with Gasteiger partial charge in [0.15, 0.2) is 5.78 Å². The summed E-state index contributed by atoms with van der Waals surface area (Å²) in [7, 11) is 0. The SMILES string of the molecule is CC(=O)Nc1cc(-c2nc(-c3ccccc3Cl)c(C(=O)CCC(C)C)s2)ccn1. The molecule has 1 N–H and O–H groups in total. The van der Waals surface area contributed by atoms with Crippen LogP contribution in [0.1, 0.15) is 43.3 Å². The summed E-state index contributed by atoms with van der Waals surface area (Å²) in [5, 5.41) is 3.91. The first-order valence-corrected chi connectivity index (χ1v) is 10.6. The number of nitrogens with one attached hydrogen (secondary N) is 1. The van der Waals surface area contributed by atoms with Gasteiger partial charge >= 0.3 is 0 Å². The number of ketones is 1. The molecule has 0 aliphatic heterocycles. The lowest BCUT2D eigenvalue weighted by atomic mass is 10.0. The van der Waals surface area contributed by atoms with Gasteiger partial charge in [0.25, 0.3) is 0 Å². The zero-order chi connectivity index (χ0) is 21.0. The van der Waals surface area contributed by atoms with Crippen molar-refractivity contribution in [2.75, 3.05) is 5.32 Å². The molecule has 1 aromatic carbocycles. The third kappa shape index (κ3) is 5.28. The molecule has 0 spiro atoms. The van der Waals surface area contributed by atoms with Crippen molar-refractivity contribution in [1.82, 2.24) is 9.97 Å². The van der Waals surface area contributed by atoms with Crippen molar-refractivity contribution in [3.8, 4) is 21.8 Å². The molecule has 0 fully saturated rings. The number of thiazole rings is 1. The Hall–Kier alpha value is -2.57. The zero-order valence-corrected chi connectivity index (χ0v) is 18.1. The van der Waals surface area contributed by atoms with Gasteiger partial charge in [-0.05, 0) is 30.5 Å². The number of halogens is 1. The Morgan fingerprint density at radius 1 is 1.21 bits per heavy atom. The first-order valence-electron chi connectivity index (χ1n) is 9.38. The zero-order valence-electron chi connectivity index (χ0n) is 16.5. The van der Waals surface area contributed by atoms with Gasteiger partial charge in [-0.15, -0.1) is 11.3 Å². The number of hydrogen-bond acceptors (Lipinski definition) is 5. The number of aromatic nitrogens is 2. The van der Waals surface area contributed by atoms with E-state index in [9.17, 15) is 9.59 Å². The van der Waals surface area contributed by atoms with E-state index in [2.05, 4.69) is 24.1 Å². The third-order valence-corrected chi connectivity index (χ3v) is 5.74. The standard InChI is InChI=1S/C22H22ClN3O2S/c1-13(2)8-9-18(28)21-20(16-6-4-5-7-17(16)23)26-22(29-21)15-10-11-24-19(12-15)25-14(3)27/h4-7,10-13H,8-9H2,1-3H3,(H,24,25,27). The maximum Gasteiger partial charge on any atom is 0.222 e. The Morgan fingerprint density at radius 2 is 1.97 bits per heavy atom. The van der Waals surface area contributed by atoms with Gasteiger partial charge in [-0.2, -0.15) is 0 Å². The minimum atomic E-state index is -0.199. The molecule has 0 unspecified atom stereocenters. The van der Waals surface area contributed by atoms with E-state index in [0.29, 0.717) is 38.8 Å². The van der Waals surface area contributed by atoms with E-state index in [4.69, 9.17) is 16.6 Å². The molecule has 0 saturated heterocycles. The van der Waals surface area contributed by atoms with Crippen LogP contribution in [-0.2, 0) is 4.79 Å². The molecule has 2 aromatic heterocycles. The van der Waals surface area contributed by atoms with E-state index in [1.807, 2.05) is 24.3 Å². The number of benzene rings is 1. The Balaban J connectivity index is 2.06. The molecule has 5 nitrogen and oxygen atoms in total. The van der Waals surface area contributed by atoms with Crippen molar-refractivity contribution < 1.29 is 9.59 Å². The van der Waals surface area contributed by atoms with E-state index < -0.39 is 0 Å². The van der Waals surface area contributed by atoms with Crippen molar-refractivity contribution in [3.05, 3.63) is 52.5 Å². The molecule has 150 valence electrons. The first kappa shape index (κ1) is 21.1. The smallest absolute Gasteiger partial charge is 0.222 e. The number of amides is 1. The van der Waals surface area contributed by atoms with Crippen LogP contribution < -0.4 is 5.32 Å². The van der Waals surface area contributed by atoms with Gasteiger partial charge in [0, 0.05) is 30.7 Å². The maximum absolute atomic E-state index is 13.0. The lowest BCUT2D eigenvalue weighted by Gasteiger charge is -2.05. The van der Waals surface area contributed by atoms with E-state index in [0.717, 1.165) is 17.5 Å². The average molecular weight is 428 g/mol. The molecule has 0 aliphatic carbocycles. The van der Waals surface area contributed by atoms with Gasteiger partial charge in [0.1, 0.15) is 10.8 Å². The van der Waals surface area contributed by atoms with E-state index in [1.165, 1.54) is 18.3 Å². The second-order valence-corrected chi connectivity index (χ2v) is 8.55. The largest absolute Gasteiger partial charge is 0.311 e. The highest BCUT2D eigenvalue weighted by Crippen LogP contribution is 2.38. The summed E-state index contributed by atoms with van der Waals surface area (Å²) in [5.74, 6) is 0.747. The summed E-state index contributed by atoms with van der Waals surface area (Å²) in [5.41, 5.74) is 2.12. The van der Waals surface area contributed by atoms with Gasteiger partial charge in [0.05, 0.1) is 15.6 Å². The molecule has 3 aromatic rings. The Morgan fingerprint density at radius 3 is 2.66 bits per heavy atom. The van der Waals surface area contributed by atoms with Gasteiger partial charge < -0.3 is 5.32 Å². The molecule has 29 heavy (non-hydrogen) atoms. The number of anilines is 1. The van der Waals surface area contributed by atoms with Crippen LogP contribution in [0, 0.1) is 5.92 Å². The summed E-state index contributed by atoms with van der Waals surface area (Å²) in [4.78, 5) is 33.8. The van der Waals surface area contributed by atoms with E-state index >= 15 is 0 Å². The minimum absolute atomic E-state index is 0.0634. The van der Waals surface area contributed by atoms with Crippen LogP contribution >= 0.6 is 22.9 Å². The molecule has 1 amide bonds. The number of rotatable bonds is 7. The highest BCUT2D eigenvalue weighted by atomic mass is 35.5. The lowest BCUT2D eigenvalue weighted by Crippen LogP contribution is -2.07. The fourth-order valence-electron chi connectivity index (χ4n) is 2.81. The molecule has 0 radical (unpaired) electrons. The number of Topliss-reactive ketones (excluding diaryl/α,β-unsaturated/α-hetero) is 1. The predicted octanol–water partition coefficient (Wildman–Crippen LogP) is 6.10. The Bertz CT molecular complexity index is 1050. The topological polar surface area (TPSA) is 72.0 Å². The van der Waals surface area contributed by atoms with Crippen LogP contribution in [0.2, 0.25) is 5.02 Å². The summed E-state index contributed by atoms with van der Waals surface area (Å²) in [6, 6.07) is 10.9. The van der Waals surface area contributed by atoms with Crippen molar-refractivity contribution in [2.45, 2.75) is 33.6 Å². The highest BCUT2D eigenvalue weighted by Gasteiger charge is 2.22. The summed E-state index contributed by atoms with van der Waals surface area (Å²) in [6.07, 6.45) is 2.89.